The molecule has 2 aliphatic rings. The molecule has 5 rings (SSSR count). The molecule has 2 N–H and O–H groups in total. The fraction of sp³-hybridized carbons (Fsp3) is 0.276. The predicted molar refractivity (Wildman–Crippen MR) is 135 cm³/mol. The molecule has 0 amide bonds. The van der Waals surface area contributed by atoms with Crippen LogP contribution in [0.4, 0.5) is 4.39 Å². The third kappa shape index (κ3) is 4.60. The summed E-state index contributed by atoms with van der Waals surface area (Å²) in [5.74, 6) is 1.59. The van der Waals surface area contributed by atoms with E-state index >= 15 is 0 Å². The number of phenols is 2. The van der Waals surface area contributed by atoms with E-state index in [1.54, 1.807) is 36.4 Å². The van der Waals surface area contributed by atoms with Crippen molar-refractivity contribution in [3.8, 4) is 29.1 Å². The molecule has 1 unspecified atom stereocenters. The van der Waals surface area contributed by atoms with Crippen LogP contribution >= 0.6 is 0 Å². The normalized spacial score (nSPS) is 17.6. The van der Waals surface area contributed by atoms with E-state index in [-0.39, 0.29) is 29.7 Å². The average molecular weight is 487 g/mol. The van der Waals surface area contributed by atoms with Gasteiger partial charge in [0.2, 0.25) is 0 Å². The first-order valence-corrected chi connectivity index (χ1v) is 11.9. The van der Waals surface area contributed by atoms with Crippen molar-refractivity contribution in [2.45, 2.75) is 13.0 Å². The Kier molecular flexibility index (Phi) is 6.53. The number of ether oxygens (including phenoxy) is 2. The zero-order valence-corrected chi connectivity index (χ0v) is 19.9. The second kappa shape index (κ2) is 9.92. The number of hydrogen-bond donors (Lipinski definition) is 2. The van der Waals surface area contributed by atoms with Gasteiger partial charge in [0.25, 0.3) is 0 Å². The van der Waals surface area contributed by atoms with Gasteiger partial charge in [-0.15, -0.1) is 0 Å². The summed E-state index contributed by atoms with van der Waals surface area (Å²) in [4.78, 5) is 2.18. The Bertz CT molecular complexity index is 1340. The van der Waals surface area contributed by atoms with Crippen LogP contribution in [0.2, 0.25) is 0 Å². The predicted octanol–water partition coefficient (Wildman–Crippen LogP) is 5.31. The van der Waals surface area contributed by atoms with Gasteiger partial charge in [0.1, 0.15) is 41.8 Å². The molecule has 0 bridgehead atoms. The molecule has 0 radical (unpaired) electrons. The molecule has 0 spiro atoms. The topological polar surface area (TPSA) is 86.0 Å². The fourth-order valence-corrected chi connectivity index (χ4v) is 4.83. The lowest BCUT2D eigenvalue weighted by molar-refractivity contribution is 0.0668. The van der Waals surface area contributed by atoms with Crippen LogP contribution < -0.4 is 9.47 Å². The quantitative estimate of drug-likeness (QED) is 0.471. The molecule has 0 aromatic heterocycles. The molecule has 1 atom stereocenters. The lowest BCUT2D eigenvalue weighted by Gasteiger charge is -2.37. The van der Waals surface area contributed by atoms with E-state index in [9.17, 15) is 19.9 Å². The summed E-state index contributed by atoms with van der Waals surface area (Å²) in [5, 5.41) is 29.6. The molecule has 7 heteroatoms. The number of fused-ring (bicyclic) bond motifs is 1. The van der Waals surface area contributed by atoms with Crippen LogP contribution in [0.5, 0.6) is 23.0 Å². The van der Waals surface area contributed by atoms with E-state index in [1.807, 2.05) is 37.3 Å². The second-order valence-corrected chi connectivity index (χ2v) is 9.26. The smallest absolute Gasteiger partial charge is 0.150 e. The third-order valence-corrected chi connectivity index (χ3v) is 6.82. The number of alkyl halides is 1. The minimum atomic E-state index is -0.470. The molecule has 36 heavy (non-hydrogen) atoms. The summed E-state index contributed by atoms with van der Waals surface area (Å²) < 4.78 is 24.9. The number of aromatic hydroxyl groups is 2. The van der Waals surface area contributed by atoms with E-state index in [0.717, 1.165) is 53.2 Å². The summed E-state index contributed by atoms with van der Waals surface area (Å²) >= 11 is 0. The molecule has 1 fully saturated rings. The Morgan fingerprint density at radius 2 is 1.86 bits per heavy atom. The lowest BCUT2D eigenvalue weighted by Crippen LogP contribution is -2.49. The van der Waals surface area contributed by atoms with Crippen molar-refractivity contribution in [2.75, 3.05) is 32.9 Å². The van der Waals surface area contributed by atoms with Crippen molar-refractivity contribution in [1.29, 1.82) is 5.26 Å². The van der Waals surface area contributed by atoms with Crippen LogP contribution in [0.3, 0.4) is 0 Å². The Balaban J connectivity index is 1.41. The van der Waals surface area contributed by atoms with Gasteiger partial charge in [-0.2, -0.15) is 5.26 Å². The summed E-state index contributed by atoms with van der Waals surface area (Å²) in [6.07, 6.45) is -0.470. The number of halogens is 1. The second-order valence-electron chi connectivity index (χ2n) is 9.26. The maximum absolute atomic E-state index is 12.6. The van der Waals surface area contributed by atoms with Crippen LogP contribution in [0.25, 0.3) is 11.1 Å². The molecular weight excluding hydrogens is 459 g/mol. The highest BCUT2D eigenvalue weighted by molar-refractivity contribution is 5.96. The monoisotopic (exact) mass is 486 g/mol. The number of phenolic OH excluding ortho intramolecular Hbond substituents is 2. The van der Waals surface area contributed by atoms with Gasteiger partial charge in [-0.05, 0) is 66.1 Å². The molecule has 3 aromatic carbocycles. The minimum absolute atomic E-state index is 0.0976. The van der Waals surface area contributed by atoms with Crippen molar-refractivity contribution >= 4 is 11.1 Å². The van der Waals surface area contributed by atoms with E-state index in [1.165, 1.54) is 0 Å². The molecule has 1 saturated heterocycles. The first kappa shape index (κ1) is 23.7. The number of rotatable bonds is 7. The van der Waals surface area contributed by atoms with Gasteiger partial charge in [-0.3, -0.25) is 9.29 Å². The Morgan fingerprint density at radius 3 is 2.56 bits per heavy atom. The number of benzene rings is 3. The van der Waals surface area contributed by atoms with Crippen molar-refractivity contribution in [2.24, 2.45) is 5.92 Å². The average Bonchev–Trinajstić information content (AvgIpc) is 2.86. The van der Waals surface area contributed by atoms with Crippen LogP contribution in [-0.4, -0.2) is 48.0 Å². The molecule has 2 aliphatic heterocycles. The first-order chi connectivity index (χ1) is 17.5. The van der Waals surface area contributed by atoms with Gasteiger partial charge in [-0.25, -0.2) is 0 Å². The number of nitriles is 1. The van der Waals surface area contributed by atoms with Gasteiger partial charge in [0.15, 0.2) is 0 Å². The number of likely N-dealkylation sites (tertiary alicyclic amines) is 1. The summed E-state index contributed by atoms with van der Waals surface area (Å²) in [6, 6.07) is 19.6. The summed E-state index contributed by atoms with van der Waals surface area (Å²) in [7, 11) is 0. The Morgan fingerprint density at radius 1 is 1.08 bits per heavy atom. The van der Waals surface area contributed by atoms with Crippen LogP contribution in [0, 0.1) is 17.2 Å². The molecule has 3 aromatic rings. The molecular formula is C29H27FN2O4. The zero-order chi connectivity index (χ0) is 25.2. The SMILES string of the molecule is CC1=C(c2ccc(C#N)c(O)c2)C(c2ccc(OCCN3CC(CF)C3)cc2)Oc2ccc(O)cc21. The Labute approximate surface area is 209 Å². The highest BCUT2D eigenvalue weighted by Crippen LogP contribution is 2.48. The van der Waals surface area contributed by atoms with Crippen molar-refractivity contribution in [3.05, 3.63) is 82.9 Å². The maximum atomic E-state index is 12.6. The van der Waals surface area contributed by atoms with Crippen LogP contribution in [0.1, 0.15) is 35.3 Å². The number of nitrogens with zero attached hydrogens (tertiary/aromatic N) is 2. The number of allylic oxidation sites excluding steroid dienone is 1. The highest BCUT2D eigenvalue weighted by Gasteiger charge is 2.30. The molecule has 184 valence electrons. The number of hydrogen-bond acceptors (Lipinski definition) is 6. The third-order valence-electron chi connectivity index (χ3n) is 6.82. The zero-order valence-electron chi connectivity index (χ0n) is 19.9. The van der Waals surface area contributed by atoms with Gasteiger partial charge >= 0.3 is 0 Å². The minimum Gasteiger partial charge on any atom is -0.508 e. The van der Waals surface area contributed by atoms with Gasteiger partial charge in [0, 0.05) is 36.7 Å². The molecule has 0 aliphatic carbocycles. The van der Waals surface area contributed by atoms with Gasteiger partial charge in [0.05, 0.1) is 12.2 Å². The van der Waals surface area contributed by atoms with Crippen molar-refractivity contribution in [1.82, 2.24) is 4.90 Å². The van der Waals surface area contributed by atoms with Crippen molar-refractivity contribution in [3.63, 3.8) is 0 Å². The van der Waals surface area contributed by atoms with E-state index in [4.69, 9.17) is 9.47 Å². The molecule has 2 heterocycles. The maximum Gasteiger partial charge on any atom is 0.150 e. The van der Waals surface area contributed by atoms with E-state index in [0.29, 0.717) is 12.4 Å². The van der Waals surface area contributed by atoms with Crippen LogP contribution in [0.15, 0.2) is 60.7 Å². The molecule has 6 nitrogen and oxygen atoms in total. The van der Waals surface area contributed by atoms with E-state index in [2.05, 4.69) is 4.90 Å². The Hall–Kier alpha value is -4.02. The van der Waals surface area contributed by atoms with E-state index < -0.39 is 6.10 Å². The summed E-state index contributed by atoms with van der Waals surface area (Å²) in [5.41, 5.74) is 4.33. The van der Waals surface area contributed by atoms with Crippen molar-refractivity contribution < 1.29 is 24.1 Å². The fourth-order valence-electron chi connectivity index (χ4n) is 4.83. The summed E-state index contributed by atoms with van der Waals surface area (Å²) in [6.45, 7) is 4.57. The largest absolute Gasteiger partial charge is 0.508 e. The molecule has 0 saturated carbocycles. The highest BCUT2D eigenvalue weighted by atomic mass is 19.1. The van der Waals surface area contributed by atoms with Gasteiger partial charge in [-0.1, -0.05) is 18.2 Å². The van der Waals surface area contributed by atoms with Gasteiger partial charge < -0.3 is 19.7 Å². The first-order valence-electron chi connectivity index (χ1n) is 11.9. The van der Waals surface area contributed by atoms with Crippen LogP contribution in [-0.2, 0) is 0 Å². The lowest BCUT2D eigenvalue weighted by atomic mass is 9.85. The standard InChI is InChI=1S/C29H27FN2O4/c1-18-25-13-23(33)6-9-27(25)36-29(28(18)21-2-3-22(15-31)26(34)12-21)20-4-7-24(8-5-20)35-11-10-32-16-19(14-30)17-32/h2-9,12-13,19,29,33-34H,10-11,14,16-17H2,1H3.